The molecule has 196 valence electrons. The molecule has 3 fully saturated rings. The summed E-state index contributed by atoms with van der Waals surface area (Å²) in [7, 11) is 0. The molecule has 1 aromatic carbocycles. The van der Waals surface area contributed by atoms with Gasteiger partial charge in [-0.2, -0.15) is 22.5 Å². The van der Waals surface area contributed by atoms with E-state index in [0.29, 0.717) is 50.5 Å². The first-order valence-electron chi connectivity index (χ1n) is 11.5. The molecular formula is C24H20F6N4O3. The van der Waals surface area contributed by atoms with Crippen molar-refractivity contribution < 1.29 is 40.8 Å². The number of pyridine rings is 1. The highest BCUT2D eigenvalue weighted by Crippen LogP contribution is 2.57. The number of hydrogen-bond acceptors (Lipinski definition) is 6. The zero-order valence-electron chi connectivity index (χ0n) is 19.1. The maximum atomic E-state index is 14.0. The molecule has 3 aromatic rings. The molecule has 2 bridgehead atoms. The summed E-state index contributed by atoms with van der Waals surface area (Å²) >= 11 is 0. The van der Waals surface area contributed by atoms with Crippen LogP contribution in [0.15, 0.2) is 28.9 Å². The Hall–Kier alpha value is -3.64. The summed E-state index contributed by atoms with van der Waals surface area (Å²) in [6.07, 6.45) is 0.403. The number of hydrogen-bond donors (Lipinski definition) is 2. The fourth-order valence-corrected chi connectivity index (χ4v) is 5.21. The van der Waals surface area contributed by atoms with Gasteiger partial charge in [-0.1, -0.05) is 5.16 Å². The standard InChI is InChI=1S/C24H20F6N4O3/c25-14-9-13(16(26)17(27)18(14)35)20(36)32-11-22-3-6-23(7-4-22,8-5-22)21-33-19(34-37-21)12-1-2-15(31-10-12)24(28,29)30/h1-2,9-10,35H,3-8,11H2,(H,32,36)/t22-,23+. The van der Waals surface area contributed by atoms with Crippen LogP contribution in [0.2, 0.25) is 0 Å². The summed E-state index contributed by atoms with van der Waals surface area (Å²) in [6, 6.07) is 2.53. The summed E-state index contributed by atoms with van der Waals surface area (Å²) in [5.74, 6) is -6.84. The molecule has 0 radical (unpaired) electrons. The molecule has 7 nitrogen and oxygen atoms in total. The summed E-state index contributed by atoms with van der Waals surface area (Å²) in [6.45, 7) is 0.164. The van der Waals surface area contributed by atoms with Gasteiger partial charge in [0.25, 0.3) is 5.91 Å². The zero-order valence-corrected chi connectivity index (χ0v) is 19.1. The maximum absolute atomic E-state index is 14.0. The second-order valence-corrected chi connectivity index (χ2v) is 9.70. The van der Waals surface area contributed by atoms with E-state index in [1.54, 1.807) is 0 Å². The van der Waals surface area contributed by atoms with Gasteiger partial charge in [0.05, 0.1) is 5.56 Å². The number of amides is 1. The molecule has 0 atom stereocenters. The van der Waals surface area contributed by atoms with Crippen molar-refractivity contribution in [1.82, 2.24) is 20.4 Å². The minimum absolute atomic E-state index is 0.135. The summed E-state index contributed by atoms with van der Waals surface area (Å²) in [5, 5.41) is 15.6. The summed E-state index contributed by atoms with van der Waals surface area (Å²) in [4.78, 5) is 20.3. The van der Waals surface area contributed by atoms with Gasteiger partial charge < -0.3 is 14.9 Å². The van der Waals surface area contributed by atoms with Crippen LogP contribution in [0.3, 0.4) is 0 Å². The number of benzene rings is 1. The minimum Gasteiger partial charge on any atom is -0.503 e. The highest BCUT2D eigenvalue weighted by Gasteiger charge is 2.52. The largest absolute Gasteiger partial charge is 0.503 e. The Labute approximate surface area is 205 Å². The van der Waals surface area contributed by atoms with Crippen molar-refractivity contribution in [3.8, 4) is 17.1 Å². The van der Waals surface area contributed by atoms with Crippen molar-refractivity contribution in [1.29, 1.82) is 0 Å². The Balaban J connectivity index is 1.24. The van der Waals surface area contributed by atoms with Gasteiger partial charge in [-0.05, 0) is 62.1 Å². The van der Waals surface area contributed by atoms with E-state index in [1.165, 1.54) is 6.07 Å². The normalized spacial score (nSPS) is 23.3. The number of aromatic hydroxyl groups is 1. The number of nitrogens with zero attached hydrogens (tertiary/aromatic N) is 3. The highest BCUT2D eigenvalue weighted by atomic mass is 19.4. The van der Waals surface area contributed by atoms with Crippen molar-refractivity contribution in [2.24, 2.45) is 5.41 Å². The van der Waals surface area contributed by atoms with E-state index >= 15 is 0 Å². The van der Waals surface area contributed by atoms with Crippen LogP contribution < -0.4 is 5.32 Å². The van der Waals surface area contributed by atoms with E-state index in [0.717, 1.165) is 12.3 Å². The fourth-order valence-electron chi connectivity index (χ4n) is 5.21. The third-order valence-corrected chi connectivity index (χ3v) is 7.60. The predicted molar refractivity (Wildman–Crippen MR) is 115 cm³/mol. The van der Waals surface area contributed by atoms with Gasteiger partial charge in [-0.15, -0.1) is 0 Å². The molecule has 2 aromatic heterocycles. The number of phenols is 1. The monoisotopic (exact) mass is 526 g/mol. The fraction of sp³-hybridized carbons (Fsp3) is 0.417. The van der Waals surface area contributed by atoms with Crippen LogP contribution in [0.25, 0.3) is 11.4 Å². The molecule has 3 aliphatic carbocycles. The number of halogens is 6. The Morgan fingerprint density at radius 1 is 1.05 bits per heavy atom. The number of carbonyl (C=O) groups is 1. The Bertz CT molecular complexity index is 1330. The number of carbonyl (C=O) groups excluding carboxylic acids is 1. The summed E-state index contributed by atoms with van der Waals surface area (Å²) < 4.78 is 85.0. The van der Waals surface area contributed by atoms with Crippen molar-refractivity contribution in [2.75, 3.05) is 6.54 Å². The second-order valence-electron chi connectivity index (χ2n) is 9.70. The quantitative estimate of drug-likeness (QED) is 0.346. The van der Waals surface area contributed by atoms with Crippen LogP contribution in [0.4, 0.5) is 26.3 Å². The van der Waals surface area contributed by atoms with E-state index in [1.807, 2.05) is 0 Å². The number of phenolic OH excluding ortho intramolecular Hbond substituents is 1. The van der Waals surface area contributed by atoms with Gasteiger partial charge in [0.15, 0.2) is 17.4 Å². The Morgan fingerprint density at radius 3 is 2.32 bits per heavy atom. The molecule has 6 rings (SSSR count). The van der Waals surface area contributed by atoms with Gasteiger partial charge in [0.2, 0.25) is 17.5 Å². The van der Waals surface area contributed by atoms with Crippen LogP contribution in [-0.2, 0) is 11.6 Å². The molecule has 0 saturated heterocycles. The number of rotatable bonds is 5. The second kappa shape index (κ2) is 8.73. The molecule has 0 aliphatic heterocycles. The number of aromatic nitrogens is 3. The lowest BCUT2D eigenvalue weighted by Crippen LogP contribution is -2.49. The molecule has 0 unspecified atom stereocenters. The average Bonchev–Trinajstić information content (AvgIpc) is 3.40. The van der Waals surface area contributed by atoms with Crippen LogP contribution in [0.1, 0.15) is 60.5 Å². The first-order valence-corrected chi connectivity index (χ1v) is 11.5. The topological polar surface area (TPSA) is 101 Å². The van der Waals surface area contributed by atoms with Crippen molar-refractivity contribution >= 4 is 5.91 Å². The molecule has 2 heterocycles. The van der Waals surface area contributed by atoms with Gasteiger partial charge >= 0.3 is 6.18 Å². The van der Waals surface area contributed by atoms with Gasteiger partial charge in [-0.3, -0.25) is 9.78 Å². The third-order valence-electron chi connectivity index (χ3n) is 7.60. The minimum atomic E-state index is -4.55. The number of fused-ring (bicyclic) bond motifs is 3. The van der Waals surface area contributed by atoms with Crippen molar-refractivity contribution in [2.45, 2.75) is 50.1 Å². The molecule has 37 heavy (non-hydrogen) atoms. The van der Waals surface area contributed by atoms with Crippen molar-refractivity contribution in [3.63, 3.8) is 0 Å². The SMILES string of the molecule is O=C(NC[C@]12CC[C@](c3nc(-c4ccc(C(F)(F)F)nc4)no3)(CC1)CC2)c1cc(F)c(O)c(F)c1F. The molecular weight excluding hydrogens is 506 g/mol. The van der Waals surface area contributed by atoms with E-state index in [9.17, 15) is 31.1 Å². The molecule has 3 saturated carbocycles. The zero-order chi connectivity index (χ0) is 26.6. The van der Waals surface area contributed by atoms with Crippen LogP contribution >= 0.6 is 0 Å². The Kier molecular flexibility index (Phi) is 5.91. The lowest BCUT2D eigenvalue weighted by atomic mass is 9.53. The highest BCUT2D eigenvalue weighted by molar-refractivity contribution is 5.94. The van der Waals surface area contributed by atoms with Gasteiger partial charge in [0.1, 0.15) is 5.69 Å². The van der Waals surface area contributed by atoms with Gasteiger partial charge in [-0.25, -0.2) is 8.78 Å². The smallest absolute Gasteiger partial charge is 0.433 e. The Morgan fingerprint density at radius 2 is 1.73 bits per heavy atom. The lowest BCUT2D eigenvalue weighted by Gasteiger charge is -2.51. The van der Waals surface area contributed by atoms with Crippen LogP contribution in [-0.4, -0.2) is 32.7 Å². The molecule has 0 spiro atoms. The van der Waals surface area contributed by atoms with Crippen LogP contribution in [0.5, 0.6) is 5.75 Å². The lowest BCUT2D eigenvalue weighted by molar-refractivity contribution is -0.141. The predicted octanol–water partition coefficient (Wildman–Crippen LogP) is 5.30. The van der Waals surface area contributed by atoms with Gasteiger partial charge in [0, 0.05) is 23.7 Å². The van der Waals surface area contributed by atoms with E-state index < -0.39 is 52.0 Å². The molecule has 1 amide bonds. The molecule has 2 N–H and O–H groups in total. The average molecular weight is 526 g/mol. The third kappa shape index (κ3) is 4.40. The molecule has 3 aliphatic rings. The summed E-state index contributed by atoms with van der Waals surface area (Å²) in [5.41, 5.74) is -2.28. The van der Waals surface area contributed by atoms with E-state index in [2.05, 4.69) is 20.4 Å². The van der Waals surface area contributed by atoms with E-state index in [4.69, 9.17) is 9.63 Å². The number of alkyl halides is 3. The first-order chi connectivity index (χ1) is 17.4. The first kappa shape index (κ1) is 25.0. The van der Waals surface area contributed by atoms with E-state index in [-0.39, 0.29) is 23.3 Å². The van der Waals surface area contributed by atoms with Crippen LogP contribution in [0, 0.1) is 22.9 Å². The van der Waals surface area contributed by atoms with Crippen molar-refractivity contribution in [3.05, 3.63) is 59.0 Å². The number of nitrogens with one attached hydrogen (secondary N) is 1. The maximum Gasteiger partial charge on any atom is 0.433 e. The molecule has 13 heteroatoms.